The van der Waals surface area contributed by atoms with Gasteiger partial charge in [-0.1, -0.05) is 41.1 Å². The molecule has 0 saturated carbocycles. The molecule has 1 amide bonds. The third kappa shape index (κ3) is 2.32. The molecule has 1 aliphatic heterocycles. The van der Waals surface area contributed by atoms with Gasteiger partial charge < -0.3 is 0 Å². The zero-order valence-corrected chi connectivity index (χ0v) is 10.7. The summed E-state index contributed by atoms with van der Waals surface area (Å²) in [5.41, 5.74) is 2.05. The number of benzene rings is 1. The Hall–Kier alpha value is -1.16. The predicted octanol–water partition coefficient (Wildman–Crippen LogP) is 2.95. The van der Waals surface area contributed by atoms with E-state index in [-0.39, 0.29) is 5.91 Å². The summed E-state index contributed by atoms with van der Waals surface area (Å²) >= 11 is 3.47. The van der Waals surface area contributed by atoms with E-state index in [9.17, 15) is 4.79 Å². The van der Waals surface area contributed by atoms with Gasteiger partial charge in [-0.3, -0.25) is 4.79 Å². The van der Waals surface area contributed by atoms with Crippen molar-refractivity contribution in [2.45, 2.75) is 26.3 Å². The SMILES string of the molecule is CCC1=NN(Cc2ccccc2Br)C(=O)C1. The topological polar surface area (TPSA) is 32.7 Å². The Kier molecular flexibility index (Phi) is 3.39. The second-order valence-electron chi connectivity index (χ2n) is 3.74. The van der Waals surface area contributed by atoms with Gasteiger partial charge in [-0.15, -0.1) is 0 Å². The minimum absolute atomic E-state index is 0.0904. The summed E-state index contributed by atoms with van der Waals surface area (Å²) in [6.07, 6.45) is 1.32. The molecule has 0 saturated heterocycles. The summed E-state index contributed by atoms with van der Waals surface area (Å²) in [5.74, 6) is 0.0904. The van der Waals surface area contributed by atoms with Crippen LogP contribution in [0.2, 0.25) is 0 Å². The van der Waals surface area contributed by atoms with Gasteiger partial charge in [0.05, 0.1) is 13.0 Å². The summed E-state index contributed by atoms with van der Waals surface area (Å²) in [6.45, 7) is 2.57. The monoisotopic (exact) mass is 280 g/mol. The number of rotatable bonds is 3. The van der Waals surface area contributed by atoms with Gasteiger partial charge in [0.1, 0.15) is 0 Å². The summed E-state index contributed by atoms with van der Waals surface area (Å²) in [4.78, 5) is 11.7. The fraction of sp³-hybridized carbons (Fsp3) is 0.333. The van der Waals surface area contributed by atoms with Crippen LogP contribution in [0.15, 0.2) is 33.8 Å². The van der Waals surface area contributed by atoms with Crippen molar-refractivity contribution in [3.63, 3.8) is 0 Å². The molecular weight excluding hydrogens is 268 g/mol. The lowest BCUT2D eigenvalue weighted by atomic mass is 10.2. The summed E-state index contributed by atoms with van der Waals surface area (Å²) in [5, 5.41) is 5.86. The van der Waals surface area contributed by atoms with E-state index >= 15 is 0 Å². The minimum Gasteiger partial charge on any atom is -0.273 e. The van der Waals surface area contributed by atoms with E-state index in [1.54, 1.807) is 5.01 Å². The fourth-order valence-electron chi connectivity index (χ4n) is 1.63. The lowest BCUT2D eigenvalue weighted by Gasteiger charge is -2.12. The number of halogens is 1. The molecule has 3 nitrogen and oxygen atoms in total. The van der Waals surface area contributed by atoms with Crippen molar-refractivity contribution in [3.8, 4) is 0 Å². The molecule has 0 fully saturated rings. The molecule has 1 aromatic rings. The molecule has 0 N–H and O–H groups in total. The first kappa shape index (κ1) is 11.3. The number of nitrogens with zero attached hydrogens (tertiary/aromatic N) is 2. The van der Waals surface area contributed by atoms with Crippen LogP contribution in [-0.2, 0) is 11.3 Å². The van der Waals surface area contributed by atoms with E-state index in [2.05, 4.69) is 21.0 Å². The van der Waals surface area contributed by atoms with Crippen LogP contribution < -0.4 is 0 Å². The van der Waals surface area contributed by atoms with E-state index in [0.717, 1.165) is 22.2 Å². The van der Waals surface area contributed by atoms with Crippen molar-refractivity contribution in [1.82, 2.24) is 5.01 Å². The normalized spacial score (nSPS) is 15.5. The maximum absolute atomic E-state index is 11.7. The molecule has 0 aromatic heterocycles. The average Bonchev–Trinajstić information content (AvgIpc) is 2.63. The predicted molar refractivity (Wildman–Crippen MR) is 67.0 cm³/mol. The van der Waals surface area contributed by atoms with Gasteiger partial charge >= 0.3 is 0 Å². The zero-order chi connectivity index (χ0) is 11.5. The average molecular weight is 281 g/mol. The number of carbonyl (C=O) groups is 1. The first-order valence-corrected chi connectivity index (χ1v) is 6.10. The van der Waals surface area contributed by atoms with Crippen LogP contribution in [0.5, 0.6) is 0 Å². The van der Waals surface area contributed by atoms with E-state index in [0.29, 0.717) is 13.0 Å². The highest BCUT2D eigenvalue weighted by molar-refractivity contribution is 9.10. The number of hydrazone groups is 1. The fourth-order valence-corrected chi connectivity index (χ4v) is 2.05. The largest absolute Gasteiger partial charge is 0.273 e. The molecule has 2 rings (SSSR count). The number of hydrogen-bond donors (Lipinski definition) is 0. The van der Waals surface area contributed by atoms with Gasteiger partial charge in [0.2, 0.25) is 5.91 Å². The van der Waals surface area contributed by atoms with Gasteiger partial charge in [-0.2, -0.15) is 5.10 Å². The van der Waals surface area contributed by atoms with Gasteiger partial charge in [0, 0.05) is 10.2 Å². The van der Waals surface area contributed by atoms with Crippen molar-refractivity contribution in [3.05, 3.63) is 34.3 Å². The number of hydrogen-bond acceptors (Lipinski definition) is 2. The van der Waals surface area contributed by atoms with Crippen molar-refractivity contribution in [2.24, 2.45) is 5.10 Å². The molecule has 0 aliphatic carbocycles. The molecular formula is C12H13BrN2O. The van der Waals surface area contributed by atoms with E-state index in [1.165, 1.54) is 0 Å². The highest BCUT2D eigenvalue weighted by Crippen LogP contribution is 2.20. The molecule has 0 radical (unpaired) electrons. The third-order valence-electron chi connectivity index (χ3n) is 2.59. The molecule has 16 heavy (non-hydrogen) atoms. The second kappa shape index (κ2) is 4.78. The second-order valence-corrected chi connectivity index (χ2v) is 4.59. The molecule has 4 heteroatoms. The first-order valence-electron chi connectivity index (χ1n) is 5.31. The highest BCUT2D eigenvalue weighted by Gasteiger charge is 2.22. The quantitative estimate of drug-likeness (QED) is 0.838. The molecule has 0 unspecified atom stereocenters. The maximum atomic E-state index is 11.7. The Morgan fingerprint density at radius 2 is 2.19 bits per heavy atom. The Morgan fingerprint density at radius 3 is 2.81 bits per heavy atom. The van der Waals surface area contributed by atoms with Gasteiger partial charge in [-0.05, 0) is 18.1 Å². The Balaban J connectivity index is 2.14. The first-order chi connectivity index (χ1) is 7.70. The molecule has 1 heterocycles. The molecule has 0 bridgehead atoms. The van der Waals surface area contributed by atoms with Crippen LogP contribution in [0.3, 0.4) is 0 Å². The Bertz CT molecular complexity index is 442. The van der Waals surface area contributed by atoms with Crippen LogP contribution in [0.1, 0.15) is 25.3 Å². The maximum Gasteiger partial charge on any atom is 0.248 e. The van der Waals surface area contributed by atoms with Gasteiger partial charge in [-0.25, -0.2) is 5.01 Å². The lowest BCUT2D eigenvalue weighted by Crippen LogP contribution is -2.20. The van der Waals surface area contributed by atoms with Gasteiger partial charge in [0.25, 0.3) is 0 Å². The van der Waals surface area contributed by atoms with Crippen LogP contribution in [0, 0.1) is 0 Å². The molecule has 1 aromatic carbocycles. The van der Waals surface area contributed by atoms with E-state index in [1.807, 2.05) is 31.2 Å². The summed E-state index contributed by atoms with van der Waals surface area (Å²) in [6, 6.07) is 7.89. The smallest absolute Gasteiger partial charge is 0.248 e. The van der Waals surface area contributed by atoms with E-state index in [4.69, 9.17) is 0 Å². The van der Waals surface area contributed by atoms with Crippen molar-refractivity contribution < 1.29 is 4.79 Å². The number of amides is 1. The standard InChI is InChI=1S/C12H13BrN2O/c1-2-10-7-12(16)15(14-10)8-9-5-3-4-6-11(9)13/h3-6H,2,7-8H2,1H3. The van der Waals surface area contributed by atoms with Crippen LogP contribution in [-0.4, -0.2) is 16.6 Å². The molecule has 0 spiro atoms. The minimum atomic E-state index is 0.0904. The van der Waals surface area contributed by atoms with Crippen molar-refractivity contribution in [2.75, 3.05) is 0 Å². The summed E-state index contributed by atoms with van der Waals surface area (Å²) in [7, 11) is 0. The number of carbonyl (C=O) groups excluding carboxylic acids is 1. The van der Waals surface area contributed by atoms with Crippen molar-refractivity contribution >= 4 is 27.5 Å². The third-order valence-corrected chi connectivity index (χ3v) is 3.36. The lowest BCUT2D eigenvalue weighted by molar-refractivity contribution is -0.129. The zero-order valence-electron chi connectivity index (χ0n) is 9.11. The van der Waals surface area contributed by atoms with Crippen LogP contribution in [0.25, 0.3) is 0 Å². The molecule has 0 atom stereocenters. The highest BCUT2D eigenvalue weighted by atomic mass is 79.9. The van der Waals surface area contributed by atoms with Crippen LogP contribution in [0.4, 0.5) is 0 Å². The molecule has 84 valence electrons. The summed E-state index contributed by atoms with van der Waals surface area (Å²) < 4.78 is 1.02. The van der Waals surface area contributed by atoms with Gasteiger partial charge in [0.15, 0.2) is 0 Å². The van der Waals surface area contributed by atoms with Crippen molar-refractivity contribution in [1.29, 1.82) is 0 Å². The Labute approximate surface area is 103 Å². The Morgan fingerprint density at radius 1 is 1.44 bits per heavy atom. The molecule has 1 aliphatic rings. The van der Waals surface area contributed by atoms with Crippen LogP contribution >= 0.6 is 15.9 Å². The van der Waals surface area contributed by atoms with E-state index < -0.39 is 0 Å².